The lowest BCUT2D eigenvalue weighted by Crippen LogP contribution is -3.08. The van der Waals surface area contributed by atoms with Crippen LogP contribution in [0.1, 0.15) is 22.8 Å². The van der Waals surface area contributed by atoms with E-state index >= 15 is 0 Å². The largest absolute Gasteiger partial charge is 0.352 e. The number of hydrogen-bond acceptors (Lipinski definition) is 2. The van der Waals surface area contributed by atoms with Crippen LogP contribution in [0.25, 0.3) is 0 Å². The first-order valence-corrected chi connectivity index (χ1v) is 8.70. The number of halogens is 2. The quantitative estimate of drug-likeness (QED) is 0.689. The monoisotopic (exact) mass is 378 g/mol. The third kappa shape index (κ3) is 5.54. The minimum Gasteiger partial charge on any atom is -0.352 e. The molecule has 1 unspecified atom stereocenters. The van der Waals surface area contributed by atoms with E-state index in [1.807, 2.05) is 6.92 Å². The summed E-state index contributed by atoms with van der Waals surface area (Å²) in [7, 11) is 1.79. The normalized spacial score (nSPS) is 11.7. The molecule has 0 bridgehead atoms. The fourth-order valence-corrected chi connectivity index (χ4v) is 2.78. The Kier molecular flexibility index (Phi) is 7.12. The van der Waals surface area contributed by atoms with Crippen LogP contribution < -0.4 is 15.5 Å². The molecule has 0 radical (unpaired) electrons. The molecular weight excluding hydrogens is 357 g/mol. The molecule has 0 aliphatic carbocycles. The first-order chi connectivity index (χ1) is 12.4. The SMILES string of the molecule is CCNC(=O)c1cccc(NC(=O)C[NH+](C)Cc2c(F)cccc2Cl)c1. The third-order valence-corrected chi connectivity index (χ3v) is 4.10. The van der Waals surface area contributed by atoms with Crippen molar-refractivity contribution in [3.63, 3.8) is 0 Å². The molecule has 0 spiro atoms. The van der Waals surface area contributed by atoms with Crippen molar-refractivity contribution in [2.24, 2.45) is 0 Å². The van der Waals surface area contributed by atoms with Crippen LogP contribution in [0.15, 0.2) is 42.5 Å². The van der Waals surface area contributed by atoms with Crippen LogP contribution in [0, 0.1) is 5.82 Å². The standard InChI is InChI=1S/C19H21ClFN3O2/c1-3-22-19(26)13-6-4-7-14(10-13)23-18(25)12-24(2)11-15-16(20)8-5-9-17(15)21/h4-10H,3,11-12H2,1-2H3,(H,22,26)(H,23,25)/p+1. The Balaban J connectivity index is 1.96. The van der Waals surface area contributed by atoms with Gasteiger partial charge in [0.2, 0.25) is 0 Å². The number of rotatable bonds is 7. The maximum absolute atomic E-state index is 13.8. The topological polar surface area (TPSA) is 62.6 Å². The number of nitrogens with one attached hydrogen (secondary N) is 3. The van der Waals surface area contributed by atoms with Crippen molar-refractivity contribution in [1.29, 1.82) is 0 Å². The van der Waals surface area contributed by atoms with Crippen LogP contribution in [0.3, 0.4) is 0 Å². The average Bonchev–Trinajstić information content (AvgIpc) is 2.58. The minimum atomic E-state index is -0.383. The Morgan fingerprint density at radius 3 is 2.62 bits per heavy atom. The van der Waals surface area contributed by atoms with Gasteiger partial charge in [0.05, 0.1) is 17.6 Å². The molecule has 26 heavy (non-hydrogen) atoms. The van der Waals surface area contributed by atoms with E-state index in [0.717, 1.165) is 4.90 Å². The molecule has 3 N–H and O–H groups in total. The molecule has 1 atom stereocenters. The van der Waals surface area contributed by atoms with Crippen LogP contribution >= 0.6 is 11.6 Å². The van der Waals surface area contributed by atoms with E-state index in [0.29, 0.717) is 28.4 Å². The summed E-state index contributed by atoms with van der Waals surface area (Å²) < 4.78 is 13.8. The summed E-state index contributed by atoms with van der Waals surface area (Å²) in [4.78, 5) is 24.9. The van der Waals surface area contributed by atoms with Gasteiger partial charge in [-0.15, -0.1) is 0 Å². The van der Waals surface area contributed by atoms with E-state index < -0.39 is 0 Å². The highest BCUT2D eigenvalue weighted by molar-refractivity contribution is 6.31. The number of anilines is 1. The summed E-state index contributed by atoms with van der Waals surface area (Å²) in [5.74, 6) is -0.810. The molecule has 0 aromatic heterocycles. The van der Waals surface area contributed by atoms with E-state index in [9.17, 15) is 14.0 Å². The van der Waals surface area contributed by atoms with Gasteiger partial charge in [0.15, 0.2) is 6.54 Å². The zero-order valence-corrected chi connectivity index (χ0v) is 15.5. The molecule has 0 heterocycles. The van der Waals surface area contributed by atoms with Gasteiger partial charge < -0.3 is 15.5 Å². The van der Waals surface area contributed by atoms with E-state index in [-0.39, 0.29) is 30.7 Å². The van der Waals surface area contributed by atoms with Gasteiger partial charge in [0.1, 0.15) is 12.4 Å². The third-order valence-electron chi connectivity index (χ3n) is 3.75. The molecular formula is C19H22ClFN3O2+. The van der Waals surface area contributed by atoms with Crippen LogP contribution in [0.4, 0.5) is 10.1 Å². The first kappa shape index (κ1) is 19.9. The molecule has 5 nitrogen and oxygen atoms in total. The molecule has 7 heteroatoms. The van der Waals surface area contributed by atoms with Crippen LogP contribution in [-0.4, -0.2) is 32.0 Å². The van der Waals surface area contributed by atoms with Gasteiger partial charge in [-0.3, -0.25) is 9.59 Å². The summed E-state index contributed by atoms with van der Waals surface area (Å²) in [6.07, 6.45) is 0. The number of carbonyl (C=O) groups excluding carboxylic acids is 2. The molecule has 2 amide bonds. The van der Waals surface area contributed by atoms with Gasteiger partial charge in [-0.1, -0.05) is 23.7 Å². The van der Waals surface area contributed by atoms with Crippen molar-refractivity contribution in [2.75, 3.05) is 25.5 Å². The second kappa shape index (κ2) is 9.31. The van der Waals surface area contributed by atoms with Gasteiger partial charge in [0.25, 0.3) is 11.8 Å². The second-order valence-electron chi connectivity index (χ2n) is 6.00. The molecule has 138 valence electrons. The van der Waals surface area contributed by atoms with Crippen molar-refractivity contribution in [3.8, 4) is 0 Å². The highest BCUT2D eigenvalue weighted by Crippen LogP contribution is 2.17. The van der Waals surface area contributed by atoms with Gasteiger partial charge in [-0.05, 0) is 37.3 Å². The lowest BCUT2D eigenvalue weighted by molar-refractivity contribution is -0.885. The molecule has 2 rings (SSSR count). The van der Waals surface area contributed by atoms with Crippen molar-refractivity contribution in [3.05, 3.63) is 64.4 Å². The van der Waals surface area contributed by atoms with Crippen molar-refractivity contribution in [1.82, 2.24) is 5.32 Å². The summed E-state index contributed by atoms with van der Waals surface area (Å²) in [6.45, 7) is 2.79. The number of amides is 2. The number of likely N-dealkylation sites (N-methyl/N-ethyl adjacent to an activating group) is 1. The highest BCUT2D eigenvalue weighted by Gasteiger charge is 2.16. The predicted molar refractivity (Wildman–Crippen MR) is 99.9 cm³/mol. The zero-order valence-electron chi connectivity index (χ0n) is 14.7. The lowest BCUT2D eigenvalue weighted by Gasteiger charge is -2.15. The summed E-state index contributed by atoms with van der Waals surface area (Å²) >= 11 is 6.02. The van der Waals surface area contributed by atoms with Crippen LogP contribution in [0.5, 0.6) is 0 Å². The maximum atomic E-state index is 13.8. The van der Waals surface area contributed by atoms with Crippen molar-refractivity contribution < 1.29 is 18.9 Å². The fraction of sp³-hybridized carbons (Fsp3) is 0.263. The van der Waals surface area contributed by atoms with Crippen molar-refractivity contribution in [2.45, 2.75) is 13.5 Å². The number of hydrogen-bond donors (Lipinski definition) is 3. The van der Waals surface area contributed by atoms with Crippen LogP contribution in [0.2, 0.25) is 5.02 Å². The maximum Gasteiger partial charge on any atom is 0.279 e. The Hall–Kier alpha value is -2.44. The predicted octanol–water partition coefficient (Wildman–Crippen LogP) is 1.88. The molecule has 0 aliphatic heterocycles. The molecule has 0 fully saturated rings. The zero-order chi connectivity index (χ0) is 19.1. The van der Waals surface area contributed by atoms with E-state index in [4.69, 9.17) is 11.6 Å². The van der Waals surface area contributed by atoms with Gasteiger partial charge in [-0.25, -0.2) is 4.39 Å². The van der Waals surface area contributed by atoms with E-state index in [1.165, 1.54) is 6.07 Å². The average molecular weight is 379 g/mol. The van der Waals surface area contributed by atoms with E-state index in [2.05, 4.69) is 10.6 Å². The Morgan fingerprint density at radius 2 is 1.92 bits per heavy atom. The second-order valence-corrected chi connectivity index (χ2v) is 6.41. The van der Waals surface area contributed by atoms with Gasteiger partial charge in [-0.2, -0.15) is 0 Å². The molecule has 2 aromatic carbocycles. The van der Waals surface area contributed by atoms with Crippen LogP contribution in [-0.2, 0) is 11.3 Å². The van der Waals surface area contributed by atoms with E-state index in [1.54, 1.807) is 43.4 Å². The molecule has 0 saturated heterocycles. The fourth-order valence-electron chi connectivity index (χ4n) is 2.55. The highest BCUT2D eigenvalue weighted by atomic mass is 35.5. The molecule has 0 aliphatic rings. The minimum absolute atomic E-state index is 0.135. The Morgan fingerprint density at radius 1 is 1.19 bits per heavy atom. The van der Waals surface area contributed by atoms with Gasteiger partial charge in [0, 0.05) is 17.8 Å². The Labute approximate surface area is 157 Å². The number of benzene rings is 2. The summed E-state index contributed by atoms with van der Waals surface area (Å²) in [5.41, 5.74) is 1.40. The first-order valence-electron chi connectivity index (χ1n) is 8.33. The lowest BCUT2D eigenvalue weighted by atomic mass is 10.2. The number of carbonyl (C=O) groups is 2. The van der Waals surface area contributed by atoms with Crippen molar-refractivity contribution >= 4 is 29.1 Å². The summed E-state index contributed by atoms with van der Waals surface area (Å²) in [6, 6.07) is 11.2. The summed E-state index contributed by atoms with van der Waals surface area (Å²) in [5, 5.41) is 5.81. The van der Waals surface area contributed by atoms with Gasteiger partial charge >= 0.3 is 0 Å². The smallest absolute Gasteiger partial charge is 0.279 e. The molecule has 2 aromatic rings. The number of quaternary nitrogens is 1. The molecule has 0 saturated carbocycles. The Bertz CT molecular complexity index is 778.